The lowest BCUT2D eigenvalue weighted by Crippen LogP contribution is -2.54. The summed E-state index contributed by atoms with van der Waals surface area (Å²) in [7, 11) is 5.96. The molecule has 0 unspecified atom stereocenters. The van der Waals surface area contributed by atoms with Crippen LogP contribution < -0.4 is 9.64 Å². The van der Waals surface area contributed by atoms with Gasteiger partial charge in [-0.1, -0.05) is 5.16 Å². The standard InChI is InChI=1S/C37H51N9O4S/c1-23-21-45(35(47)49-36(3,4)5)16-17-46(23)30-19-31(48-24(2)27-12-11-15-44(27)9)41-33(40-30)26-18-29(50-42-26)37(6)14-10-13-28-32(37)25(20-38)34(51-28)39-22-43(7)8/h18-19,22-24,27H,10-17,21H2,1-9H3/b39-22+/t23-,24+,27+,37-/m1/s1. The van der Waals surface area contributed by atoms with Crippen LogP contribution in [0.3, 0.4) is 0 Å². The number of aliphatic imine (C=N–C) groups is 1. The van der Waals surface area contributed by atoms with Gasteiger partial charge in [0.05, 0.1) is 17.3 Å². The summed E-state index contributed by atoms with van der Waals surface area (Å²) >= 11 is 1.58. The van der Waals surface area contributed by atoms with Crippen LogP contribution in [0.2, 0.25) is 0 Å². The molecule has 2 saturated heterocycles. The van der Waals surface area contributed by atoms with Crippen LogP contribution in [-0.4, -0.2) is 113 Å². The quantitative estimate of drug-likeness (QED) is 0.194. The molecule has 2 fully saturated rings. The molecule has 0 N–H and O–H groups in total. The fourth-order valence-corrected chi connectivity index (χ4v) is 8.78. The molecule has 6 rings (SSSR count). The Morgan fingerprint density at radius 3 is 2.69 bits per heavy atom. The topological polar surface area (TPSA) is 136 Å². The van der Waals surface area contributed by atoms with E-state index in [4.69, 9.17) is 24.0 Å². The lowest BCUT2D eigenvalue weighted by Gasteiger charge is -2.40. The number of fused-ring (bicyclic) bond motifs is 1. The van der Waals surface area contributed by atoms with Gasteiger partial charge in [-0.25, -0.2) is 14.8 Å². The number of nitriles is 1. The van der Waals surface area contributed by atoms with Crippen LogP contribution >= 0.6 is 11.3 Å². The molecule has 14 heteroatoms. The molecule has 3 aromatic rings. The van der Waals surface area contributed by atoms with E-state index in [0.717, 1.165) is 49.1 Å². The first-order chi connectivity index (χ1) is 24.2. The number of carbonyl (C=O) groups is 1. The summed E-state index contributed by atoms with van der Waals surface area (Å²) in [5.74, 6) is 2.22. The lowest BCUT2D eigenvalue weighted by molar-refractivity contribution is 0.0218. The molecule has 5 heterocycles. The van der Waals surface area contributed by atoms with E-state index in [-0.39, 0.29) is 24.3 Å². The minimum absolute atomic E-state index is 0.0416. The zero-order valence-electron chi connectivity index (χ0n) is 31.4. The monoisotopic (exact) mass is 717 g/mol. The van der Waals surface area contributed by atoms with Crippen LogP contribution in [0, 0.1) is 11.3 Å². The van der Waals surface area contributed by atoms with Gasteiger partial charge in [-0.15, -0.1) is 11.3 Å². The van der Waals surface area contributed by atoms with E-state index in [9.17, 15) is 10.1 Å². The maximum absolute atomic E-state index is 12.9. The average Bonchev–Trinajstić information content (AvgIpc) is 3.82. The van der Waals surface area contributed by atoms with E-state index in [2.05, 4.69) is 53.8 Å². The lowest BCUT2D eigenvalue weighted by atomic mass is 9.71. The third-order valence-electron chi connectivity index (χ3n) is 10.1. The number of ether oxygens (including phenoxy) is 2. The van der Waals surface area contributed by atoms with Crippen molar-refractivity contribution < 1.29 is 18.8 Å². The summed E-state index contributed by atoms with van der Waals surface area (Å²) < 4.78 is 18.3. The number of piperazine rings is 1. The number of aromatic nitrogens is 3. The molecule has 3 aliphatic rings. The number of thiophene rings is 1. The first-order valence-corrected chi connectivity index (χ1v) is 18.7. The molecule has 274 valence electrons. The van der Waals surface area contributed by atoms with Gasteiger partial charge in [-0.2, -0.15) is 10.2 Å². The van der Waals surface area contributed by atoms with Crippen LogP contribution in [0.5, 0.6) is 5.88 Å². The average molecular weight is 718 g/mol. The minimum Gasteiger partial charge on any atom is -0.473 e. The molecule has 3 aromatic heterocycles. The maximum atomic E-state index is 12.9. The van der Waals surface area contributed by atoms with Crippen molar-refractivity contribution in [2.45, 2.75) is 103 Å². The molecule has 4 atom stereocenters. The number of hydrogen-bond acceptors (Lipinski definition) is 12. The molecule has 2 aliphatic heterocycles. The van der Waals surface area contributed by atoms with Gasteiger partial charge in [-0.05, 0) is 92.8 Å². The summed E-state index contributed by atoms with van der Waals surface area (Å²) in [6.45, 7) is 14.5. The number of rotatable bonds is 8. The van der Waals surface area contributed by atoms with Gasteiger partial charge in [0.1, 0.15) is 34.4 Å². The molecule has 51 heavy (non-hydrogen) atoms. The Bertz CT molecular complexity index is 1810. The Morgan fingerprint density at radius 1 is 1.24 bits per heavy atom. The van der Waals surface area contributed by atoms with Crippen molar-refractivity contribution >= 4 is 34.6 Å². The fourth-order valence-electron chi connectivity index (χ4n) is 7.53. The second-order valence-electron chi connectivity index (χ2n) is 15.5. The maximum Gasteiger partial charge on any atom is 0.410 e. The zero-order valence-corrected chi connectivity index (χ0v) is 32.2. The van der Waals surface area contributed by atoms with Gasteiger partial charge >= 0.3 is 6.09 Å². The largest absolute Gasteiger partial charge is 0.473 e. The Morgan fingerprint density at radius 2 is 2.02 bits per heavy atom. The highest BCUT2D eigenvalue weighted by atomic mass is 32.1. The minimum atomic E-state index is -0.572. The van der Waals surface area contributed by atoms with E-state index in [1.807, 2.05) is 51.9 Å². The smallest absolute Gasteiger partial charge is 0.410 e. The van der Waals surface area contributed by atoms with Crippen LogP contribution in [0.15, 0.2) is 21.6 Å². The molecule has 0 bridgehead atoms. The van der Waals surface area contributed by atoms with Gasteiger partial charge in [0, 0.05) is 62.8 Å². The SMILES string of the molecule is C[C@H](Oc1cc(N2CCN(C(=O)OC(C)(C)C)C[C@H]2C)nc(-c2cc([C@@]3(C)CCCc4sc(/N=C/N(C)C)c(C#N)c43)on2)n1)[C@@H]1CCCN1C. The Hall–Kier alpha value is -4.22. The third kappa shape index (κ3) is 7.70. The predicted octanol–water partition coefficient (Wildman–Crippen LogP) is 6.24. The Kier molecular flexibility index (Phi) is 10.3. The van der Waals surface area contributed by atoms with Crippen molar-refractivity contribution in [3.63, 3.8) is 0 Å². The summed E-state index contributed by atoms with van der Waals surface area (Å²) in [4.78, 5) is 36.7. The highest BCUT2D eigenvalue weighted by Crippen LogP contribution is 2.50. The highest BCUT2D eigenvalue weighted by Gasteiger charge is 2.42. The molecule has 13 nitrogen and oxygen atoms in total. The molecule has 0 aromatic carbocycles. The number of aryl methyl sites for hydroxylation is 1. The molecule has 0 radical (unpaired) electrons. The number of likely N-dealkylation sites (tertiary alicyclic amines) is 1. The highest BCUT2D eigenvalue weighted by molar-refractivity contribution is 7.16. The number of hydrogen-bond donors (Lipinski definition) is 0. The molecule has 0 saturated carbocycles. The fraction of sp³-hybridized carbons (Fsp3) is 0.622. The van der Waals surface area contributed by atoms with Crippen molar-refractivity contribution in [2.75, 3.05) is 52.2 Å². The molecule has 1 aliphatic carbocycles. The van der Waals surface area contributed by atoms with E-state index >= 15 is 0 Å². The van der Waals surface area contributed by atoms with E-state index in [0.29, 0.717) is 59.2 Å². The summed E-state index contributed by atoms with van der Waals surface area (Å²) in [6, 6.07) is 6.50. The first kappa shape index (κ1) is 36.6. The summed E-state index contributed by atoms with van der Waals surface area (Å²) in [5, 5.41) is 15.5. The van der Waals surface area contributed by atoms with Crippen molar-refractivity contribution in [1.82, 2.24) is 29.8 Å². The van der Waals surface area contributed by atoms with Gasteiger partial charge < -0.3 is 28.7 Å². The second kappa shape index (κ2) is 14.4. The molecule has 0 spiro atoms. The van der Waals surface area contributed by atoms with Crippen molar-refractivity contribution in [3.8, 4) is 23.5 Å². The number of nitrogens with zero attached hydrogens (tertiary/aromatic N) is 9. The zero-order chi connectivity index (χ0) is 36.7. The second-order valence-corrected chi connectivity index (χ2v) is 16.6. The first-order valence-electron chi connectivity index (χ1n) is 17.9. The van der Waals surface area contributed by atoms with Crippen molar-refractivity contribution in [3.05, 3.63) is 33.9 Å². The number of amides is 1. The Balaban J connectivity index is 1.34. The molecule has 1 amide bonds. The van der Waals surface area contributed by atoms with Gasteiger partial charge in [0.25, 0.3) is 0 Å². The van der Waals surface area contributed by atoms with Crippen LogP contribution in [0.25, 0.3) is 11.5 Å². The van der Waals surface area contributed by atoms with Crippen LogP contribution in [0.4, 0.5) is 15.6 Å². The van der Waals surface area contributed by atoms with Crippen LogP contribution in [-0.2, 0) is 16.6 Å². The van der Waals surface area contributed by atoms with E-state index < -0.39 is 11.0 Å². The molecular weight excluding hydrogens is 667 g/mol. The van der Waals surface area contributed by atoms with Gasteiger partial charge in [0.15, 0.2) is 11.5 Å². The number of likely N-dealkylation sites (N-methyl/N-ethyl adjacent to an activating group) is 1. The van der Waals surface area contributed by atoms with Gasteiger partial charge in [0.2, 0.25) is 5.88 Å². The Labute approximate surface area is 305 Å². The van der Waals surface area contributed by atoms with Crippen molar-refractivity contribution in [1.29, 1.82) is 5.26 Å². The normalized spacial score (nSPS) is 23.3. The van der Waals surface area contributed by atoms with E-state index in [1.165, 1.54) is 0 Å². The predicted molar refractivity (Wildman–Crippen MR) is 198 cm³/mol. The number of anilines is 1. The third-order valence-corrected chi connectivity index (χ3v) is 11.2. The van der Waals surface area contributed by atoms with Crippen LogP contribution in [0.1, 0.15) is 89.0 Å². The summed E-state index contributed by atoms with van der Waals surface area (Å²) in [5.41, 5.74) is 0.920. The molecular formula is C37H51N9O4S. The number of carbonyl (C=O) groups excluding carboxylic acids is 1. The summed E-state index contributed by atoms with van der Waals surface area (Å²) in [6.07, 6.45) is 6.18. The van der Waals surface area contributed by atoms with Crippen molar-refractivity contribution in [2.24, 2.45) is 4.99 Å². The van der Waals surface area contributed by atoms with E-state index in [1.54, 1.807) is 22.6 Å². The van der Waals surface area contributed by atoms with Gasteiger partial charge in [-0.3, -0.25) is 4.90 Å².